The van der Waals surface area contributed by atoms with Gasteiger partial charge in [-0.2, -0.15) is 13.2 Å². The highest BCUT2D eigenvalue weighted by Crippen LogP contribution is 2.39. The molecule has 0 saturated carbocycles. The Balaban J connectivity index is 2.69. The Bertz CT molecular complexity index is 856. The van der Waals surface area contributed by atoms with Gasteiger partial charge >= 0.3 is 6.18 Å². The largest absolute Gasteiger partial charge is 0.598 e. The number of pyridine rings is 1. The van der Waals surface area contributed by atoms with Crippen molar-refractivity contribution in [2.45, 2.75) is 65.1 Å². The molecule has 2 rings (SSSR count). The van der Waals surface area contributed by atoms with Gasteiger partial charge in [-0.1, -0.05) is 32.4 Å². The molecule has 158 valence electrons. The fraction of sp³-hybridized carbons (Fsp3) is 0.611. The van der Waals surface area contributed by atoms with Crippen molar-refractivity contribution in [2.24, 2.45) is 5.41 Å². The van der Waals surface area contributed by atoms with E-state index in [0.29, 0.717) is 6.54 Å². The van der Waals surface area contributed by atoms with E-state index in [9.17, 15) is 22.1 Å². The van der Waals surface area contributed by atoms with Crippen LogP contribution in [0.1, 0.15) is 53.1 Å². The van der Waals surface area contributed by atoms with Gasteiger partial charge in [-0.3, -0.25) is 0 Å². The van der Waals surface area contributed by atoms with Crippen molar-refractivity contribution in [1.82, 2.24) is 14.3 Å². The third-order valence-corrected chi connectivity index (χ3v) is 5.68. The first kappa shape index (κ1) is 23.3. The first-order valence-corrected chi connectivity index (χ1v) is 10.1. The van der Waals surface area contributed by atoms with Crippen molar-refractivity contribution < 1.29 is 22.1 Å². The summed E-state index contributed by atoms with van der Waals surface area (Å²) in [6.45, 7) is 10.8. The standard InChI is InChI=1S/C18H24ClF4N3OS/c1-16(2,3)9-26-8-11(10-7-12(20)14(19)24-15(10)26)13(18(21,22)23)25-28(27)17(4,5)6/h7-8,13,25H,9H2,1-6H3/t13-,28?/m0/s1. The molecule has 0 saturated heterocycles. The summed E-state index contributed by atoms with van der Waals surface area (Å²) in [4.78, 5) is 3.95. The van der Waals surface area contributed by atoms with Crippen LogP contribution in [0.25, 0.3) is 11.0 Å². The highest BCUT2D eigenvalue weighted by atomic mass is 35.5. The Morgan fingerprint density at radius 2 is 1.79 bits per heavy atom. The predicted octanol–water partition coefficient (Wildman–Crippen LogP) is 5.53. The van der Waals surface area contributed by atoms with E-state index in [1.54, 1.807) is 20.8 Å². The summed E-state index contributed by atoms with van der Waals surface area (Å²) in [6, 6.07) is -1.31. The highest BCUT2D eigenvalue weighted by molar-refractivity contribution is 7.90. The average molecular weight is 442 g/mol. The molecule has 0 fully saturated rings. The number of aromatic nitrogens is 2. The van der Waals surface area contributed by atoms with E-state index in [4.69, 9.17) is 11.6 Å². The summed E-state index contributed by atoms with van der Waals surface area (Å²) in [5.41, 5.74) is -0.373. The lowest BCUT2D eigenvalue weighted by molar-refractivity contribution is -0.152. The number of alkyl halides is 3. The van der Waals surface area contributed by atoms with Crippen molar-refractivity contribution in [3.63, 3.8) is 0 Å². The maximum absolute atomic E-state index is 14.0. The van der Waals surface area contributed by atoms with Crippen LogP contribution in [0.15, 0.2) is 12.3 Å². The van der Waals surface area contributed by atoms with Gasteiger partial charge in [0.2, 0.25) is 0 Å². The topological polar surface area (TPSA) is 52.9 Å². The second kappa shape index (κ2) is 7.66. The molecule has 2 heterocycles. The molecule has 1 unspecified atom stereocenters. The smallest absolute Gasteiger partial charge is 0.412 e. The number of nitrogens with zero attached hydrogens (tertiary/aromatic N) is 2. The van der Waals surface area contributed by atoms with Crippen LogP contribution in [-0.2, 0) is 17.9 Å². The van der Waals surface area contributed by atoms with Crippen LogP contribution in [0.2, 0.25) is 5.15 Å². The van der Waals surface area contributed by atoms with E-state index >= 15 is 0 Å². The minimum atomic E-state index is -4.75. The Morgan fingerprint density at radius 1 is 1.21 bits per heavy atom. The molecule has 28 heavy (non-hydrogen) atoms. The molecule has 4 nitrogen and oxygen atoms in total. The molecule has 0 aliphatic rings. The molecule has 0 aliphatic carbocycles. The summed E-state index contributed by atoms with van der Waals surface area (Å²) >= 11 is 3.77. The number of hydrogen-bond donors (Lipinski definition) is 1. The van der Waals surface area contributed by atoms with Crippen molar-refractivity contribution in [3.8, 4) is 0 Å². The highest BCUT2D eigenvalue weighted by Gasteiger charge is 2.47. The van der Waals surface area contributed by atoms with E-state index in [1.807, 2.05) is 20.8 Å². The predicted molar refractivity (Wildman–Crippen MR) is 104 cm³/mol. The number of rotatable bonds is 4. The van der Waals surface area contributed by atoms with Crippen LogP contribution in [0.5, 0.6) is 0 Å². The minimum absolute atomic E-state index is 0.0214. The molecule has 0 amide bonds. The molecule has 2 aromatic rings. The quantitative estimate of drug-likeness (QED) is 0.385. The zero-order valence-corrected chi connectivity index (χ0v) is 18.1. The van der Waals surface area contributed by atoms with E-state index in [0.717, 1.165) is 6.07 Å². The van der Waals surface area contributed by atoms with Gasteiger partial charge < -0.3 is 9.12 Å². The summed E-state index contributed by atoms with van der Waals surface area (Å²) in [7, 11) is 0. The van der Waals surface area contributed by atoms with E-state index in [-0.39, 0.29) is 22.0 Å². The summed E-state index contributed by atoms with van der Waals surface area (Å²) in [5.74, 6) is -0.915. The van der Waals surface area contributed by atoms with Crippen molar-refractivity contribution in [3.05, 3.63) is 28.8 Å². The van der Waals surface area contributed by atoms with Crippen LogP contribution >= 0.6 is 11.6 Å². The Kier molecular flexibility index (Phi) is 6.36. The van der Waals surface area contributed by atoms with Gasteiger partial charge in [0.25, 0.3) is 0 Å². The minimum Gasteiger partial charge on any atom is -0.598 e. The SMILES string of the molecule is CC(C)(C)Cn1cc([C@H](N[S+]([O-])C(C)(C)C)C(F)(F)F)c2cc(F)c(Cl)nc21. The zero-order chi connectivity index (χ0) is 21.7. The van der Waals surface area contributed by atoms with Gasteiger partial charge in [-0.05, 0) is 32.3 Å². The van der Waals surface area contributed by atoms with E-state index in [1.165, 1.54) is 10.8 Å². The van der Waals surface area contributed by atoms with Gasteiger partial charge in [0, 0.05) is 35.1 Å². The lowest BCUT2D eigenvalue weighted by Gasteiger charge is -2.29. The molecular formula is C18H24ClF4N3OS. The maximum Gasteiger partial charge on any atom is 0.412 e. The molecule has 0 aliphatic heterocycles. The number of fused-ring (bicyclic) bond motifs is 1. The first-order chi connectivity index (χ1) is 12.5. The Labute approximate surface area is 170 Å². The van der Waals surface area contributed by atoms with E-state index < -0.39 is 39.3 Å². The van der Waals surface area contributed by atoms with Gasteiger partial charge in [-0.25, -0.2) is 9.37 Å². The summed E-state index contributed by atoms with van der Waals surface area (Å²) < 4.78 is 70.8. The van der Waals surface area contributed by atoms with Crippen LogP contribution in [-0.4, -0.2) is 25.0 Å². The van der Waals surface area contributed by atoms with Crippen LogP contribution in [0, 0.1) is 11.2 Å². The maximum atomic E-state index is 14.0. The Hall–Kier alpha value is -1.03. The summed E-state index contributed by atoms with van der Waals surface area (Å²) in [6.07, 6.45) is -3.47. The average Bonchev–Trinajstić information content (AvgIpc) is 2.78. The van der Waals surface area contributed by atoms with Gasteiger partial charge in [-0.15, -0.1) is 4.72 Å². The lowest BCUT2D eigenvalue weighted by atomic mass is 9.97. The second-order valence-electron chi connectivity index (χ2n) is 8.88. The Morgan fingerprint density at radius 3 is 2.25 bits per heavy atom. The van der Waals surface area contributed by atoms with Crippen molar-refractivity contribution in [1.29, 1.82) is 0 Å². The normalized spacial score (nSPS) is 15.9. The first-order valence-electron chi connectivity index (χ1n) is 8.60. The van der Waals surface area contributed by atoms with E-state index in [2.05, 4.69) is 9.71 Å². The number of halogens is 5. The molecule has 2 atom stereocenters. The third kappa shape index (κ3) is 5.31. The van der Waals surface area contributed by atoms with Crippen LogP contribution in [0.4, 0.5) is 17.6 Å². The van der Waals surface area contributed by atoms with Gasteiger partial charge in [0.1, 0.15) is 10.4 Å². The third-order valence-electron chi connectivity index (χ3n) is 3.86. The number of nitrogens with one attached hydrogen (secondary N) is 1. The summed E-state index contributed by atoms with van der Waals surface area (Å²) in [5, 5.41) is -0.436. The molecule has 0 radical (unpaired) electrons. The molecule has 1 N–H and O–H groups in total. The molecule has 0 aromatic carbocycles. The fourth-order valence-corrected chi connectivity index (χ4v) is 3.60. The molecule has 0 spiro atoms. The van der Waals surface area contributed by atoms with Crippen LogP contribution in [0.3, 0.4) is 0 Å². The molecule has 10 heteroatoms. The molecule has 2 aromatic heterocycles. The monoisotopic (exact) mass is 441 g/mol. The van der Waals surface area contributed by atoms with Gasteiger partial charge in [0.05, 0.1) is 0 Å². The number of hydrogen-bond acceptors (Lipinski definition) is 3. The lowest BCUT2D eigenvalue weighted by Crippen LogP contribution is -2.45. The molecule has 0 bridgehead atoms. The second-order valence-corrected chi connectivity index (χ2v) is 11.2. The fourth-order valence-electron chi connectivity index (χ4n) is 2.64. The van der Waals surface area contributed by atoms with Crippen LogP contribution < -0.4 is 4.72 Å². The van der Waals surface area contributed by atoms with Crippen molar-refractivity contribution in [2.75, 3.05) is 0 Å². The molecular weight excluding hydrogens is 418 g/mol. The zero-order valence-electron chi connectivity index (χ0n) is 16.5. The van der Waals surface area contributed by atoms with Crippen molar-refractivity contribution >= 4 is 34.0 Å². The van der Waals surface area contributed by atoms with Gasteiger partial charge in [0.15, 0.2) is 17.0 Å².